The number of hydrogen-bond donors (Lipinski definition) is 2. The second kappa shape index (κ2) is 9.78. The lowest BCUT2D eigenvalue weighted by atomic mass is 9.73. The summed E-state index contributed by atoms with van der Waals surface area (Å²) in [6, 6.07) is 10.8. The van der Waals surface area contributed by atoms with Gasteiger partial charge in [-0.25, -0.2) is 9.97 Å². The van der Waals surface area contributed by atoms with Crippen molar-refractivity contribution < 1.29 is 4.79 Å². The Labute approximate surface area is 196 Å². The van der Waals surface area contributed by atoms with Gasteiger partial charge in [0.25, 0.3) is 0 Å². The van der Waals surface area contributed by atoms with Crippen LogP contribution in [-0.4, -0.2) is 28.5 Å². The first-order valence-corrected chi connectivity index (χ1v) is 12.3. The highest BCUT2D eigenvalue weighted by atomic mass is 35.5. The Hall–Kier alpha value is -2.14. The molecule has 1 aromatic carbocycles. The largest absolute Gasteiger partial charge is 0.369 e. The Bertz CT molecular complexity index is 940. The zero-order chi connectivity index (χ0) is 22.7. The average Bonchev–Trinajstić information content (AvgIpc) is 3.28. The van der Waals surface area contributed by atoms with Crippen molar-refractivity contribution >= 4 is 23.3 Å². The predicted octanol–water partition coefficient (Wildman–Crippen LogP) is 5.81. The number of nitrogens with zero attached hydrogens (tertiary/aromatic N) is 2. The van der Waals surface area contributed by atoms with Gasteiger partial charge < -0.3 is 10.6 Å². The first-order valence-electron chi connectivity index (χ1n) is 11.9. The number of benzene rings is 1. The molecule has 2 N–H and O–H groups in total. The molecule has 2 saturated carbocycles. The van der Waals surface area contributed by atoms with Gasteiger partial charge in [0, 0.05) is 24.1 Å². The van der Waals surface area contributed by atoms with Gasteiger partial charge in [0.2, 0.25) is 5.91 Å². The van der Waals surface area contributed by atoms with Crippen LogP contribution in [0.1, 0.15) is 74.7 Å². The van der Waals surface area contributed by atoms with Crippen molar-refractivity contribution in [2.45, 2.75) is 77.7 Å². The van der Waals surface area contributed by atoms with Gasteiger partial charge >= 0.3 is 0 Å². The number of amides is 1. The summed E-state index contributed by atoms with van der Waals surface area (Å²) in [6.07, 6.45) is 7.45. The third kappa shape index (κ3) is 5.25. The number of nitrogens with one attached hydrogen (secondary N) is 2. The topological polar surface area (TPSA) is 66.9 Å². The number of anilines is 1. The number of carbonyl (C=O) groups excluding carboxylic acids is 1. The van der Waals surface area contributed by atoms with E-state index in [0.29, 0.717) is 16.9 Å². The molecule has 1 aromatic heterocycles. The van der Waals surface area contributed by atoms with Crippen molar-refractivity contribution in [3.8, 4) is 0 Å². The SMILES string of the molecule is Cc1nc(Cl)c(C)c(NCC2(C)CCC(NC(=O)C3CCCC3c3ccccc3)CC2)n1. The number of carbonyl (C=O) groups is 1. The summed E-state index contributed by atoms with van der Waals surface area (Å²) in [6.45, 7) is 6.98. The summed E-state index contributed by atoms with van der Waals surface area (Å²) in [5, 5.41) is 7.42. The summed E-state index contributed by atoms with van der Waals surface area (Å²) < 4.78 is 0. The van der Waals surface area contributed by atoms with Crippen molar-refractivity contribution in [1.29, 1.82) is 0 Å². The lowest BCUT2D eigenvalue weighted by Gasteiger charge is -2.38. The molecule has 1 amide bonds. The standard InChI is InChI=1S/C26H35ClN4O/c1-17-23(27)29-18(2)30-24(17)28-16-26(3)14-12-20(13-15-26)31-25(32)22-11-7-10-21(22)19-8-5-4-6-9-19/h4-6,8-9,20-22H,7,10-16H2,1-3H3,(H,31,32)(H,28,29,30). The molecule has 172 valence electrons. The smallest absolute Gasteiger partial charge is 0.223 e. The molecule has 1 heterocycles. The minimum atomic E-state index is 0.112. The molecule has 6 heteroatoms. The molecule has 2 aliphatic carbocycles. The average molecular weight is 455 g/mol. The van der Waals surface area contributed by atoms with Crippen molar-refractivity contribution in [2.24, 2.45) is 11.3 Å². The highest BCUT2D eigenvalue weighted by Gasteiger charge is 2.37. The molecular formula is C26H35ClN4O. The quantitative estimate of drug-likeness (QED) is 0.540. The zero-order valence-corrected chi connectivity index (χ0v) is 20.2. The maximum absolute atomic E-state index is 13.1. The van der Waals surface area contributed by atoms with Gasteiger partial charge in [-0.3, -0.25) is 4.79 Å². The number of halogens is 1. The van der Waals surface area contributed by atoms with E-state index in [4.69, 9.17) is 11.6 Å². The van der Waals surface area contributed by atoms with Gasteiger partial charge in [-0.2, -0.15) is 0 Å². The summed E-state index contributed by atoms with van der Waals surface area (Å²) >= 11 is 6.21. The van der Waals surface area contributed by atoms with Crippen LogP contribution in [0.4, 0.5) is 5.82 Å². The number of aryl methyl sites for hydroxylation is 1. The van der Waals surface area contributed by atoms with E-state index in [1.54, 1.807) is 0 Å². The van der Waals surface area contributed by atoms with E-state index in [9.17, 15) is 4.79 Å². The van der Waals surface area contributed by atoms with Crippen molar-refractivity contribution in [3.63, 3.8) is 0 Å². The summed E-state index contributed by atoms with van der Waals surface area (Å²) in [5.74, 6) is 2.24. The number of hydrogen-bond acceptors (Lipinski definition) is 4. The Morgan fingerprint density at radius 1 is 1.09 bits per heavy atom. The number of aromatic nitrogens is 2. The summed E-state index contributed by atoms with van der Waals surface area (Å²) in [7, 11) is 0. The maximum Gasteiger partial charge on any atom is 0.223 e. The fourth-order valence-electron chi connectivity index (χ4n) is 5.38. The van der Waals surface area contributed by atoms with Crippen LogP contribution in [0, 0.1) is 25.2 Å². The first kappa shape index (κ1) is 23.0. The molecule has 0 bridgehead atoms. The van der Waals surface area contributed by atoms with Crippen LogP contribution in [0.5, 0.6) is 0 Å². The second-order valence-corrected chi connectivity index (χ2v) is 10.4. The van der Waals surface area contributed by atoms with Crippen LogP contribution < -0.4 is 10.6 Å². The van der Waals surface area contributed by atoms with Crippen LogP contribution in [0.25, 0.3) is 0 Å². The Kier molecular flexibility index (Phi) is 7.04. The molecule has 2 fully saturated rings. The van der Waals surface area contributed by atoms with Crippen LogP contribution in [0.3, 0.4) is 0 Å². The van der Waals surface area contributed by atoms with Crippen molar-refractivity contribution in [2.75, 3.05) is 11.9 Å². The third-order valence-corrected chi connectivity index (χ3v) is 7.87. The molecule has 32 heavy (non-hydrogen) atoms. The molecule has 0 saturated heterocycles. The molecule has 0 spiro atoms. The fraction of sp³-hybridized carbons (Fsp3) is 0.577. The normalized spacial score (nSPS) is 27.8. The highest BCUT2D eigenvalue weighted by molar-refractivity contribution is 6.30. The monoisotopic (exact) mass is 454 g/mol. The Morgan fingerprint density at radius 3 is 2.53 bits per heavy atom. The van der Waals surface area contributed by atoms with Gasteiger partial charge in [0.15, 0.2) is 0 Å². The van der Waals surface area contributed by atoms with Crippen LogP contribution in [0.15, 0.2) is 30.3 Å². The molecule has 5 nitrogen and oxygen atoms in total. The van der Waals surface area contributed by atoms with Gasteiger partial charge in [0.05, 0.1) is 0 Å². The molecule has 2 aromatic rings. The molecule has 4 rings (SSSR count). The van der Waals surface area contributed by atoms with Gasteiger partial charge in [0.1, 0.15) is 16.8 Å². The van der Waals surface area contributed by atoms with Crippen LogP contribution in [0.2, 0.25) is 5.15 Å². The van der Waals surface area contributed by atoms with E-state index < -0.39 is 0 Å². The first-order chi connectivity index (χ1) is 15.3. The minimum Gasteiger partial charge on any atom is -0.369 e. The fourth-order valence-corrected chi connectivity index (χ4v) is 5.59. The van der Waals surface area contributed by atoms with E-state index in [-0.39, 0.29) is 23.3 Å². The molecule has 2 aliphatic rings. The number of rotatable bonds is 6. The zero-order valence-electron chi connectivity index (χ0n) is 19.5. The minimum absolute atomic E-state index is 0.112. The lowest BCUT2D eigenvalue weighted by Crippen LogP contribution is -2.44. The van der Waals surface area contributed by atoms with Crippen molar-refractivity contribution in [1.82, 2.24) is 15.3 Å². The molecular weight excluding hydrogens is 420 g/mol. The third-order valence-electron chi connectivity index (χ3n) is 7.50. The van der Waals surface area contributed by atoms with E-state index >= 15 is 0 Å². The highest BCUT2D eigenvalue weighted by Crippen LogP contribution is 2.41. The lowest BCUT2D eigenvalue weighted by molar-refractivity contribution is -0.126. The molecule has 2 unspecified atom stereocenters. The summed E-state index contributed by atoms with van der Waals surface area (Å²) in [4.78, 5) is 21.9. The van der Waals surface area contributed by atoms with Crippen molar-refractivity contribution in [3.05, 3.63) is 52.4 Å². The summed E-state index contributed by atoms with van der Waals surface area (Å²) in [5.41, 5.74) is 2.38. The van der Waals surface area contributed by atoms with Gasteiger partial charge in [-0.05, 0) is 69.3 Å². The van der Waals surface area contributed by atoms with Gasteiger partial charge in [-0.15, -0.1) is 0 Å². The Balaban J connectivity index is 1.29. The van der Waals surface area contributed by atoms with E-state index in [1.165, 1.54) is 5.56 Å². The molecule has 2 atom stereocenters. The molecule has 0 radical (unpaired) electrons. The van der Waals surface area contributed by atoms with E-state index in [2.05, 4.69) is 51.8 Å². The second-order valence-electron chi connectivity index (χ2n) is 10.0. The maximum atomic E-state index is 13.1. The van der Waals surface area contributed by atoms with Crippen LogP contribution >= 0.6 is 11.6 Å². The Morgan fingerprint density at radius 2 is 1.81 bits per heavy atom. The molecule has 0 aliphatic heterocycles. The predicted molar refractivity (Wildman–Crippen MR) is 130 cm³/mol. The van der Waals surface area contributed by atoms with E-state index in [0.717, 1.165) is 62.9 Å². The van der Waals surface area contributed by atoms with Crippen LogP contribution in [-0.2, 0) is 4.79 Å². The van der Waals surface area contributed by atoms with Gasteiger partial charge in [-0.1, -0.05) is 55.3 Å². The van der Waals surface area contributed by atoms with E-state index in [1.807, 2.05) is 19.9 Å².